The molecule has 158 valence electrons. The van der Waals surface area contributed by atoms with E-state index in [0.29, 0.717) is 26.3 Å². The number of para-hydroxylation sites is 2. The fourth-order valence-corrected chi connectivity index (χ4v) is 5.26. The molecule has 2 heterocycles. The van der Waals surface area contributed by atoms with Gasteiger partial charge in [-0.3, -0.25) is 4.79 Å². The lowest BCUT2D eigenvalue weighted by molar-refractivity contribution is 0.0730. The topological polar surface area (TPSA) is 93.5 Å². The molecule has 1 N–H and O–H groups in total. The van der Waals surface area contributed by atoms with E-state index >= 15 is 0 Å². The number of nitrogens with one attached hydrogen (secondary N) is 1. The number of rotatable bonds is 6. The summed E-state index contributed by atoms with van der Waals surface area (Å²) in [7, 11) is -3.76. The van der Waals surface area contributed by atoms with Gasteiger partial charge in [-0.1, -0.05) is 24.3 Å². The van der Waals surface area contributed by atoms with Gasteiger partial charge in [0, 0.05) is 26.2 Å². The minimum Gasteiger partial charge on any atom is -0.379 e. The summed E-state index contributed by atoms with van der Waals surface area (Å²) in [5, 5.41) is 2.85. The van der Waals surface area contributed by atoms with Gasteiger partial charge in [-0.2, -0.15) is 4.31 Å². The van der Waals surface area contributed by atoms with Gasteiger partial charge in [0.1, 0.15) is 5.82 Å². The Morgan fingerprint density at radius 1 is 1.10 bits per heavy atom. The summed E-state index contributed by atoms with van der Waals surface area (Å²) >= 11 is 0. The summed E-state index contributed by atoms with van der Waals surface area (Å²) in [6, 6.07) is 14.1. The Morgan fingerprint density at radius 2 is 1.80 bits per heavy atom. The Morgan fingerprint density at radius 3 is 2.60 bits per heavy atom. The first-order chi connectivity index (χ1) is 14.5. The van der Waals surface area contributed by atoms with Crippen LogP contribution in [0, 0.1) is 6.92 Å². The average Bonchev–Trinajstić information content (AvgIpc) is 3.09. The van der Waals surface area contributed by atoms with Gasteiger partial charge in [0.2, 0.25) is 10.0 Å². The van der Waals surface area contributed by atoms with Gasteiger partial charge in [-0.25, -0.2) is 13.4 Å². The van der Waals surface area contributed by atoms with Crippen molar-refractivity contribution in [3.8, 4) is 0 Å². The summed E-state index contributed by atoms with van der Waals surface area (Å²) in [4.78, 5) is 17.4. The molecule has 1 aromatic heterocycles. The van der Waals surface area contributed by atoms with E-state index < -0.39 is 15.9 Å². The van der Waals surface area contributed by atoms with Crippen LogP contribution in [-0.2, 0) is 21.3 Å². The van der Waals surface area contributed by atoms with Crippen LogP contribution < -0.4 is 5.32 Å². The minimum absolute atomic E-state index is 0.0219. The van der Waals surface area contributed by atoms with Crippen LogP contribution in [-0.4, -0.2) is 61.0 Å². The normalized spacial score (nSPS) is 15.4. The van der Waals surface area contributed by atoms with Gasteiger partial charge in [-0.05, 0) is 31.2 Å². The molecular weight excluding hydrogens is 404 g/mol. The third-order valence-corrected chi connectivity index (χ3v) is 7.14. The maximum absolute atomic E-state index is 13.0. The van der Waals surface area contributed by atoms with Crippen molar-refractivity contribution < 1.29 is 17.9 Å². The Bertz CT molecular complexity index is 1170. The fourth-order valence-electron chi connectivity index (χ4n) is 3.66. The molecule has 3 aromatic rings. The Balaban J connectivity index is 1.50. The standard InChI is InChI=1S/C21H24N4O4S/c1-16-23-18-7-3-4-8-19(18)25(16)11-10-22-21(26)17-6-2-5-9-20(17)30(27,28)24-12-14-29-15-13-24/h2-9H,10-15H2,1H3,(H,22,26). The lowest BCUT2D eigenvalue weighted by atomic mass is 10.2. The van der Waals surface area contributed by atoms with Crippen LogP contribution in [0.2, 0.25) is 0 Å². The number of ether oxygens (including phenoxy) is 1. The SMILES string of the molecule is Cc1nc2ccccc2n1CCNC(=O)c1ccccc1S(=O)(=O)N1CCOCC1. The highest BCUT2D eigenvalue weighted by molar-refractivity contribution is 7.89. The van der Waals surface area contributed by atoms with E-state index in [2.05, 4.69) is 10.3 Å². The largest absolute Gasteiger partial charge is 0.379 e. The predicted molar refractivity (Wildman–Crippen MR) is 113 cm³/mol. The molecule has 0 radical (unpaired) electrons. The second-order valence-corrected chi connectivity index (χ2v) is 8.97. The number of amides is 1. The number of nitrogens with zero attached hydrogens (tertiary/aromatic N) is 3. The zero-order valence-corrected chi connectivity index (χ0v) is 17.6. The van der Waals surface area contributed by atoms with Crippen LogP contribution in [0.1, 0.15) is 16.2 Å². The molecule has 0 bridgehead atoms. The van der Waals surface area contributed by atoms with Gasteiger partial charge in [0.25, 0.3) is 5.91 Å². The number of sulfonamides is 1. The maximum Gasteiger partial charge on any atom is 0.252 e. The van der Waals surface area contributed by atoms with Crippen LogP contribution in [0.4, 0.5) is 0 Å². The Hall–Kier alpha value is -2.75. The second-order valence-electron chi connectivity index (χ2n) is 7.07. The summed E-state index contributed by atoms with van der Waals surface area (Å²) < 4.78 is 34.7. The molecule has 1 aliphatic heterocycles. The minimum atomic E-state index is -3.76. The summed E-state index contributed by atoms with van der Waals surface area (Å²) in [5.74, 6) is 0.449. The first-order valence-corrected chi connectivity index (χ1v) is 11.3. The number of morpholine rings is 1. The molecule has 2 aromatic carbocycles. The van der Waals surface area contributed by atoms with Gasteiger partial charge in [0.05, 0.1) is 34.7 Å². The first-order valence-electron chi connectivity index (χ1n) is 9.85. The smallest absolute Gasteiger partial charge is 0.252 e. The molecule has 0 unspecified atom stereocenters. The number of fused-ring (bicyclic) bond motifs is 1. The van der Waals surface area contributed by atoms with Crippen LogP contribution in [0.15, 0.2) is 53.4 Å². The molecule has 8 nitrogen and oxygen atoms in total. The molecular formula is C21H24N4O4S. The van der Waals surface area contributed by atoms with E-state index in [4.69, 9.17) is 4.74 Å². The van der Waals surface area contributed by atoms with Crippen molar-refractivity contribution in [1.29, 1.82) is 0 Å². The van der Waals surface area contributed by atoms with E-state index in [1.165, 1.54) is 10.4 Å². The molecule has 9 heteroatoms. The van der Waals surface area contributed by atoms with Crippen LogP contribution >= 0.6 is 0 Å². The molecule has 1 aliphatic rings. The van der Waals surface area contributed by atoms with E-state index in [1.807, 2.05) is 35.8 Å². The van der Waals surface area contributed by atoms with Crippen LogP contribution in [0.5, 0.6) is 0 Å². The number of hydrogen-bond donors (Lipinski definition) is 1. The van der Waals surface area contributed by atoms with Crippen LogP contribution in [0.3, 0.4) is 0 Å². The molecule has 0 spiro atoms. The molecule has 1 saturated heterocycles. The molecule has 0 saturated carbocycles. The van der Waals surface area contributed by atoms with E-state index in [9.17, 15) is 13.2 Å². The highest BCUT2D eigenvalue weighted by Crippen LogP contribution is 2.21. The highest BCUT2D eigenvalue weighted by Gasteiger charge is 2.30. The molecule has 4 rings (SSSR count). The second kappa shape index (κ2) is 8.55. The van der Waals surface area contributed by atoms with Crippen molar-refractivity contribution in [2.45, 2.75) is 18.4 Å². The molecule has 1 amide bonds. The molecule has 0 aliphatic carbocycles. The fraction of sp³-hybridized carbons (Fsp3) is 0.333. The third-order valence-electron chi connectivity index (χ3n) is 5.19. The van der Waals surface area contributed by atoms with Crippen molar-refractivity contribution in [3.05, 3.63) is 59.9 Å². The van der Waals surface area contributed by atoms with E-state index in [1.54, 1.807) is 18.2 Å². The maximum atomic E-state index is 13.0. The number of imidazole rings is 1. The lowest BCUT2D eigenvalue weighted by Crippen LogP contribution is -2.41. The number of carbonyl (C=O) groups excluding carboxylic acids is 1. The summed E-state index contributed by atoms with van der Waals surface area (Å²) in [6.07, 6.45) is 0. The third kappa shape index (κ3) is 3.96. The van der Waals surface area contributed by atoms with Gasteiger partial charge in [-0.15, -0.1) is 0 Å². The van der Waals surface area contributed by atoms with Crippen molar-refractivity contribution in [3.63, 3.8) is 0 Å². The Labute approximate surface area is 175 Å². The van der Waals surface area contributed by atoms with Crippen LogP contribution in [0.25, 0.3) is 11.0 Å². The van der Waals surface area contributed by atoms with Gasteiger partial charge in [0.15, 0.2) is 0 Å². The molecule has 30 heavy (non-hydrogen) atoms. The van der Waals surface area contributed by atoms with Crippen molar-refractivity contribution >= 4 is 27.0 Å². The van der Waals surface area contributed by atoms with Gasteiger partial charge >= 0.3 is 0 Å². The Kier molecular flexibility index (Phi) is 5.85. The zero-order chi connectivity index (χ0) is 21.1. The predicted octanol–water partition coefficient (Wildman–Crippen LogP) is 1.80. The summed E-state index contributed by atoms with van der Waals surface area (Å²) in [5.41, 5.74) is 2.05. The average molecular weight is 429 g/mol. The molecule has 1 fully saturated rings. The number of benzene rings is 2. The zero-order valence-electron chi connectivity index (χ0n) is 16.7. The quantitative estimate of drug-likeness (QED) is 0.646. The van der Waals surface area contributed by atoms with Crippen molar-refractivity contribution in [2.24, 2.45) is 0 Å². The number of hydrogen-bond acceptors (Lipinski definition) is 5. The monoisotopic (exact) mass is 428 g/mol. The van der Waals surface area contributed by atoms with Crippen molar-refractivity contribution in [1.82, 2.24) is 19.2 Å². The lowest BCUT2D eigenvalue weighted by Gasteiger charge is -2.26. The van der Waals surface area contributed by atoms with E-state index in [0.717, 1.165) is 16.9 Å². The molecule has 0 atom stereocenters. The first kappa shape index (κ1) is 20.5. The number of aryl methyl sites for hydroxylation is 1. The number of carbonyl (C=O) groups is 1. The van der Waals surface area contributed by atoms with Gasteiger partial charge < -0.3 is 14.6 Å². The van der Waals surface area contributed by atoms with E-state index in [-0.39, 0.29) is 23.5 Å². The number of aromatic nitrogens is 2. The summed E-state index contributed by atoms with van der Waals surface area (Å²) in [6.45, 7) is 4.09. The van der Waals surface area contributed by atoms with Crippen molar-refractivity contribution in [2.75, 3.05) is 32.8 Å². The highest BCUT2D eigenvalue weighted by atomic mass is 32.2.